The molecular formula is C14H18F3NO5S. The van der Waals surface area contributed by atoms with Gasteiger partial charge in [0.2, 0.25) is 0 Å². The van der Waals surface area contributed by atoms with Crippen LogP contribution in [0.3, 0.4) is 0 Å². The van der Waals surface area contributed by atoms with Crippen LogP contribution in [0, 0.1) is 0 Å². The smallest absolute Gasteiger partial charge is 0.420 e. The molecule has 0 bridgehead atoms. The van der Waals surface area contributed by atoms with Crippen LogP contribution in [-0.2, 0) is 19.0 Å². The Morgan fingerprint density at radius 2 is 1.62 bits per heavy atom. The largest absolute Gasteiger partial charge is 0.444 e. The van der Waals surface area contributed by atoms with Gasteiger partial charge in [-0.15, -0.1) is 0 Å². The average Bonchev–Trinajstić information content (AvgIpc) is 2.32. The third kappa shape index (κ3) is 7.18. The van der Waals surface area contributed by atoms with E-state index >= 15 is 0 Å². The maximum absolute atomic E-state index is 13.0. The van der Waals surface area contributed by atoms with Crippen LogP contribution in [0.5, 0.6) is 0 Å². The maximum atomic E-state index is 13.0. The van der Waals surface area contributed by atoms with E-state index in [4.69, 9.17) is 4.74 Å². The topological polar surface area (TPSA) is 81.7 Å². The predicted octanol–water partition coefficient (Wildman–Crippen LogP) is 3.61. The molecular weight excluding hydrogens is 351 g/mol. The molecule has 0 saturated carbocycles. The fourth-order valence-electron chi connectivity index (χ4n) is 1.64. The van der Waals surface area contributed by atoms with E-state index in [0.717, 1.165) is 12.1 Å². The maximum Gasteiger partial charge on any atom is 0.420 e. The van der Waals surface area contributed by atoms with Crippen molar-refractivity contribution in [2.24, 2.45) is 0 Å². The highest BCUT2D eigenvalue weighted by Crippen LogP contribution is 2.37. The molecule has 1 aromatic rings. The van der Waals surface area contributed by atoms with Crippen LogP contribution in [0.15, 0.2) is 24.3 Å². The van der Waals surface area contributed by atoms with Crippen LogP contribution in [0.4, 0.5) is 23.7 Å². The summed E-state index contributed by atoms with van der Waals surface area (Å²) < 4.78 is 70.0. The Hall–Kier alpha value is -1.81. The Labute approximate surface area is 138 Å². The third-order valence-corrected chi connectivity index (χ3v) is 2.97. The lowest BCUT2D eigenvalue weighted by molar-refractivity contribution is -0.196. The van der Waals surface area contributed by atoms with Crippen LogP contribution in [0.1, 0.15) is 32.4 Å². The minimum atomic E-state index is -4.91. The Morgan fingerprint density at radius 3 is 2.00 bits per heavy atom. The van der Waals surface area contributed by atoms with Crippen LogP contribution < -0.4 is 5.32 Å². The van der Waals surface area contributed by atoms with Crippen LogP contribution >= 0.6 is 0 Å². The molecule has 24 heavy (non-hydrogen) atoms. The normalized spacial score (nSPS) is 14.1. The number of halogens is 3. The van der Waals surface area contributed by atoms with Crippen molar-refractivity contribution in [1.82, 2.24) is 0 Å². The number of anilines is 1. The van der Waals surface area contributed by atoms with E-state index in [9.17, 15) is 26.4 Å². The summed E-state index contributed by atoms with van der Waals surface area (Å²) in [6, 6.07) is 4.39. The highest BCUT2D eigenvalue weighted by molar-refractivity contribution is 7.86. The Bertz CT molecular complexity index is 678. The molecule has 0 radical (unpaired) electrons. The van der Waals surface area contributed by atoms with Gasteiger partial charge in [-0.25, -0.2) is 4.79 Å². The lowest BCUT2D eigenvalue weighted by Crippen LogP contribution is -2.27. The summed E-state index contributed by atoms with van der Waals surface area (Å²) >= 11 is 0. The molecule has 1 rings (SSSR count). The van der Waals surface area contributed by atoms with Crippen molar-refractivity contribution in [2.75, 3.05) is 11.6 Å². The first-order valence-corrected chi connectivity index (χ1v) is 8.54. The molecule has 0 aromatic heterocycles. The molecule has 10 heteroatoms. The van der Waals surface area contributed by atoms with Crippen molar-refractivity contribution >= 4 is 21.9 Å². The van der Waals surface area contributed by atoms with Gasteiger partial charge in [-0.3, -0.25) is 9.50 Å². The van der Waals surface area contributed by atoms with E-state index in [0.29, 0.717) is 6.26 Å². The van der Waals surface area contributed by atoms with Crippen LogP contribution in [0.2, 0.25) is 0 Å². The van der Waals surface area contributed by atoms with Crippen molar-refractivity contribution in [1.29, 1.82) is 0 Å². The van der Waals surface area contributed by atoms with Gasteiger partial charge in [-0.05, 0) is 38.5 Å². The second-order valence-electron chi connectivity index (χ2n) is 5.97. The van der Waals surface area contributed by atoms with Crippen LogP contribution in [0.25, 0.3) is 0 Å². The number of benzene rings is 1. The molecule has 136 valence electrons. The van der Waals surface area contributed by atoms with Gasteiger partial charge in [-0.2, -0.15) is 21.6 Å². The fourth-order valence-corrected chi connectivity index (χ4v) is 2.21. The summed E-state index contributed by atoms with van der Waals surface area (Å²) in [5.74, 6) is 0. The van der Waals surface area contributed by atoms with Gasteiger partial charge >= 0.3 is 12.3 Å². The van der Waals surface area contributed by atoms with Gasteiger partial charge in [0.1, 0.15) is 5.60 Å². The SMILES string of the molecule is CC(C)(C)OC(=O)Nc1ccc(C(OS(C)(=O)=O)C(F)(F)F)cc1. The number of hydrogen-bond donors (Lipinski definition) is 1. The molecule has 0 heterocycles. The van der Waals surface area contributed by atoms with Gasteiger partial charge in [-0.1, -0.05) is 12.1 Å². The average molecular weight is 369 g/mol. The van der Waals surface area contributed by atoms with E-state index < -0.39 is 39.7 Å². The van der Waals surface area contributed by atoms with Crippen molar-refractivity contribution in [3.8, 4) is 0 Å². The Morgan fingerprint density at radius 1 is 1.12 bits per heavy atom. The number of alkyl halides is 3. The molecule has 0 spiro atoms. The summed E-state index contributed by atoms with van der Waals surface area (Å²) in [4.78, 5) is 11.6. The summed E-state index contributed by atoms with van der Waals surface area (Å²) in [7, 11) is -4.31. The van der Waals surface area contributed by atoms with E-state index in [1.165, 1.54) is 12.1 Å². The molecule has 1 aromatic carbocycles. The summed E-state index contributed by atoms with van der Waals surface area (Å²) in [6.45, 7) is 4.98. The molecule has 1 amide bonds. The molecule has 1 atom stereocenters. The Balaban J connectivity index is 2.93. The number of amides is 1. The van der Waals surface area contributed by atoms with Gasteiger partial charge in [0, 0.05) is 5.69 Å². The van der Waals surface area contributed by atoms with E-state index in [1.807, 2.05) is 0 Å². The van der Waals surface area contributed by atoms with Gasteiger partial charge in [0.05, 0.1) is 6.26 Å². The molecule has 0 aliphatic carbocycles. The second-order valence-corrected chi connectivity index (χ2v) is 7.57. The van der Waals surface area contributed by atoms with Crippen LogP contribution in [-0.4, -0.2) is 32.5 Å². The van der Waals surface area contributed by atoms with Crippen molar-refractivity contribution < 1.29 is 35.3 Å². The van der Waals surface area contributed by atoms with Crippen molar-refractivity contribution in [3.63, 3.8) is 0 Å². The number of rotatable bonds is 4. The first-order valence-electron chi connectivity index (χ1n) is 6.72. The monoisotopic (exact) mass is 369 g/mol. The van der Waals surface area contributed by atoms with E-state index in [1.54, 1.807) is 20.8 Å². The lowest BCUT2D eigenvalue weighted by Gasteiger charge is -2.21. The number of nitrogens with one attached hydrogen (secondary N) is 1. The zero-order valence-corrected chi connectivity index (χ0v) is 14.3. The number of ether oxygens (including phenoxy) is 1. The minimum absolute atomic E-state index is 0.188. The molecule has 0 aliphatic rings. The van der Waals surface area contributed by atoms with Crippen molar-refractivity contribution in [3.05, 3.63) is 29.8 Å². The van der Waals surface area contributed by atoms with E-state index in [-0.39, 0.29) is 5.69 Å². The first kappa shape index (κ1) is 20.2. The predicted molar refractivity (Wildman–Crippen MR) is 81.0 cm³/mol. The van der Waals surface area contributed by atoms with Gasteiger partial charge in [0.25, 0.3) is 10.1 Å². The molecule has 6 nitrogen and oxygen atoms in total. The third-order valence-electron chi connectivity index (χ3n) is 2.43. The highest BCUT2D eigenvalue weighted by Gasteiger charge is 2.44. The molecule has 0 fully saturated rings. The second kappa shape index (κ2) is 6.98. The standard InChI is InChI=1S/C14H18F3NO5S/c1-13(2,3)22-12(19)18-10-7-5-9(6-8-10)11(14(15,16)17)23-24(4,20)21/h5-8,11H,1-4H3,(H,18,19). The van der Waals surface area contributed by atoms with Gasteiger partial charge in [0.15, 0.2) is 6.10 Å². The van der Waals surface area contributed by atoms with E-state index in [2.05, 4.69) is 9.50 Å². The molecule has 0 aliphatic heterocycles. The highest BCUT2D eigenvalue weighted by atomic mass is 32.2. The van der Waals surface area contributed by atoms with Crippen molar-refractivity contribution in [2.45, 2.75) is 38.7 Å². The molecule has 1 unspecified atom stereocenters. The first-order chi connectivity index (χ1) is 10.7. The number of carbonyl (C=O) groups excluding carboxylic acids is 1. The minimum Gasteiger partial charge on any atom is -0.444 e. The summed E-state index contributed by atoms with van der Waals surface area (Å²) in [5.41, 5.74) is -0.953. The molecule has 0 saturated heterocycles. The zero-order chi connectivity index (χ0) is 18.8. The number of hydrogen-bond acceptors (Lipinski definition) is 5. The van der Waals surface area contributed by atoms with Gasteiger partial charge < -0.3 is 4.74 Å². The zero-order valence-electron chi connectivity index (χ0n) is 13.5. The Kier molecular flexibility index (Phi) is 5.88. The number of carbonyl (C=O) groups is 1. The quantitative estimate of drug-likeness (QED) is 0.820. The fraction of sp³-hybridized carbons (Fsp3) is 0.500. The molecule has 1 N–H and O–H groups in total. The summed E-state index contributed by atoms with van der Waals surface area (Å²) in [5, 5.41) is 2.35. The lowest BCUT2D eigenvalue weighted by atomic mass is 10.1. The summed E-state index contributed by atoms with van der Waals surface area (Å²) in [6.07, 6.45) is -7.77.